The molecule has 2 heterocycles. The van der Waals surface area contributed by atoms with Gasteiger partial charge in [-0.2, -0.15) is 0 Å². The summed E-state index contributed by atoms with van der Waals surface area (Å²) in [6.45, 7) is 2.10. The van der Waals surface area contributed by atoms with Gasteiger partial charge in [-0.3, -0.25) is 0 Å². The van der Waals surface area contributed by atoms with E-state index in [1.165, 1.54) is 11.5 Å². The third kappa shape index (κ3) is 3.01. The van der Waals surface area contributed by atoms with Crippen LogP contribution in [-0.2, 0) is 12.8 Å². The largest absolute Gasteiger partial charge is 0.420 e. The third-order valence-electron chi connectivity index (χ3n) is 2.23. The van der Waals surface area contributed by atoms with Crippen molar-refractivity contribution in [1.82, 2.24) is 19.8 Å². The Morgan fingerprint density at radius 2 is 2.12 bits per heavy atom. The Labute approximate surface area is 108 Å². The van der Waals surface area contributed by atoms with Crippen LogP contribution in [0.3, 0.4) is 0 Å². The van der Waals surface area contributed by atoms with E-state index in [4.69, 9.17) is 16.0 Å². The van der Waals surface area contributed by atoms with E-state index in [0.29, 0.717) is 24.1 Å². The van der Waals surface area contributed by atoms with E-state index >= 15 is 0 Å². The summed E-state index contributed by atoms with van der Waals surface area (Å²) in [6.07, 6.45) is 3.45. The molecule has 0 unspecified atom stereocenters. The van der Waals surface area contributed by atoms with Crippen molar-refractivity contribution in [3.63, 3.8) is 0 Å². The first-order valence-corrected chi connectivity index (χ1v) is 6.86. The summed E-state index contributed by atoms with van der Waals surface area (Å²) in [5, 5.41) is 12.1. The lowest BCUT2D eigenvalue weighted by molar-refractivity contribution is 0.503. The lowest BCUT2D eigenvalue weighted by Crippen LogP contribution is -1.87. The van der Waals surface area contributed by atoms with Crippen LogP contribution in [0.2, 0.25) is 0 Å². The van der Waals surface area contributed by atoms with Crippen LogP contribution >= 0.6 is 23.1 Å². The van der Waals surface area contributed by atoms with Gasteiger partial charge in [0.1, 0.15) is 4.88 Å². The molecule has 0 spiro atoms. The number of hydrogen-bond donors (Lipinski definition) is 0. The van der Waals surface area contributed by atoms with Crippen LogP contribution in [0.25, 0.3) is 10.8 Å². The van der Waals surface area contributed by atoms with Gasteiger partial charge < -0.3 is 4.42 Å². The van der Waals surface area contributed by atoms with Gasteiger partial charge in [0.15, 0.2) is 0 Å². The molecule has 0 aliphatic carbocycles. The number of aryl methyl sites for hydroxylation is 2. The average Bonchev–Trinajstić information content (AvgIpc) is 2.95. The fourth-order valence-electron chi connectivity index (χ4n) is 1.44. The molecule has 0 amide bonds. The van der Waals surface area contributed by atoms with Crippen LogP contribution in [0, 0.1) is 0 Å². The molecule has 2 aromatic heterocycles. The molecule has 2 aromatic rings. The zero-order valence-electron chi connectivity index (χ0n) is 9.52. The second-order valence-electron chi connectivity index (χ2n) is 3.59. The molecule has 0 aliphatic heterocycles. The molecule has 0 atom stereocenters. The standard InChI is InChI=1S/C10H13ClN4OS/c1-2-4-7-9(17-15-12-7)10-14-13-8(16-10)5-3-6-11/h2-6H2,1H3. The van der Waals surface area contributed by atoms with Gasteiger partial charge >= 0.3 is 0 Å². The van der Waals surface area contributed by atoms with Crippen LogP contribution in [0.1, 0.15) is 31.4 Å². The van der Waals surface area contributed by atoms with Gasteiger partial charge in [0, 0.05) is 12.3 Å². The van der Waals surface area contributed by atoms with Crippen molar-refractivity contribution in [3.05, 3.63) is 11.6 Å². The Morgan fingerprint density at radius 1 is 1.24 bits per heavy atom. The maximum atomic E-state index is 5.62. The second-order valence-corrected chi connectivity index (χ2v) is 4.72. The summed E-state index contributed by atoms with van der Waals surface area (Å²) < 4.78 is 9.50. The highest BCUT2D eigenvalue weighted by Crippen LogP contribution is 2.25. The summed E-state index contributed by atoms with van der Waals surface area (Å²) in [5.41, 5.74) is 0.935. The average molecular weight is 273 g/mol. The van der Waals surface area contributed by atoms with Crippen LogP contribution in [0.5, 0.6) is 0 Å². The zero-order chi connectivity index (χ0) is 12.1. The molecule has 7 heteroatoms. The van der Waals surface area contributed by atoms with Crippen LogP contribution in [-0.4, -0.2) is 25.7 Å². The molecule has 0 aromatic carbocycles. The van der Waals surface area contributed by atoms with Crippen molar-refractivity contribution >= 4 is 23.1 Å². The molecule has 0 fully saturated rings. The fourth-order valence-corrected chi connectivity index (χ4v) is 2.20. The normalized spacial score (nSPS) is 10.9. The number of nitrogens with zero attached hydrogens (tertiary/aromatic N) is 4. The van der Waals surface area contributed by atoms with E-state index in [2.05, 4.69) is 26.7 Å². The van der Waals surface area contributed by atoms with Gasteiger partial charge in [0.2, 0.25) is 5.89 Å². The highest BCUT2D eigenvalue weighted by Gasteiger charge is 2.16. The summed E-state index contributed by atoms with van der Waals surface area (Å²) in [6, 6.07) is 0. The molecule has 0 aliphatic rings. The molecule has 0 bridgehead atoms. The molecular formula is C10H13ClN4OS. The number of rotatable bonds is 6. The predicted octanol–water partition coefficient (Wildman–Crippen LogP) is 2.71. The van der Waals surface area contributed by atoms with Crippen LogP contribution < -0.4 is 0 Å². The van der Waals surface area contributed by atoms with Crippen molar-refractivity contribution in [2.45, 2.75) is 32.6 Å². The van der Waals surface area contributed by atoms with Crippen molar-refractivity contribution in [2.24, 2.45) is 0 Å². The molecular weight excluding hydrogens is 260 g/mol. The van der Waals surface area contributed by atoms with Crippen molar-refractivity contribution in [1.29, 1.82) is 0 Å². The molecule has 17 heavy (non-hydrogen) atoms. The van der Waals surface area contributed by atoms with E-state index in [1.54, 1.807) is 0 Å². The fraction of sp³-hybridized carbons (Fsp3) is 0.600. The number of halogens is 1. The van der Waals surface area contributed by atoms with Gasteiger partial charge in [0.25, 0.3) is 5.89 Å². The van der Waals surface area contributed by atoms with E-state index in [-0.39, 0.29) is 0 Å². The quantitative estimate of drug-likeness (QED) is 0.757. The Bertz CT molecular complexity index is 470. The van der Waals surface area contributed by atoms with Crippen molar-refractivity contribution < 1.29 is 4.42 Å². The van der Waals surface area contributed by atoms with Gasteiger partial charge in [0.05, 0.1) is 5.69 Å². The van der Waals surface area contributed by atoms with Gasteiger partial charge in [-0.25, -0.2) is 0 Å². The van der Waals surface area contributed by atoms with E-state index < -0.39 is 0 Å². The smallest absolute Gasteiger partial charge is 0.261 e. The Balaban J connectivity index is 2.15. The first-order chi connectivity index (χ1) is 8.35. The van der Waals surface area contributed by atoms with E-state index in [9.17, 15) is 0 Å². The summed E-state index contributed by atoms with van der Waals surface area (Å²) in [7, 11) is 0. The maximum Gasteiger partial charge on any atom is 0.261 e. The van der Waals surface area contributed by atoms with Gasteiger partial charge in [-0.05, 0) is 24.4 Å². The first-order valence-electron chi connectivity index (χ1n) is 5.55. The topological polar surface area (TPSA) is 64.7 Å². The highest BCUT2D eigenvalue weighted by molar-refractivity contribution is 7.09. The summed E-state index contributed by atoms with van der Waals surface area (Å²) in [4.78, 5) is 0.886. The number of aromatic nitrogens is 4. The number of hydrogen-bond acceptors (Lipinski definition) is 6. The molecule has 0 saturated heterocycles. The molecule has 0 N–H and O–H groups in total. The minimum atomic E-state index is 0.521. The first kappa shape index (κ1) is 12.4. The minimum Gasteiger partial charge on any atom is -0.420 e. The summed E-state index contributed by atoms with van der Waals surface area (Å²) >= 11 is 6.91. The van der Waals surface area contributed by atoms with Gasteiger partial charge in [-0.1, -0.05) is 17.8 Å². The zero-order valence-corrected chi connectivity index (χ0v) is 11.1. The lowest BCUT2D eigenvalue weighted by Gasteiger charge is -1.93. The molecule has 0 saturated carbocycles. The Kier molecular flexibility index (Phi) is 4.44. The lowest BCUT2D eigenvalue weighted by atomic mass is 10.2. The summed E-state index contributed by atoms with van der Waals surface area (Å²) in [5.74, 6) is 1.74. The van der Waals surface area contributed by atoms with Crippen molar-refractivity contribution in [3.8, 4) is 10.8 Å². The highest BCUT2D eigenvalue weighted by atomic mass is 35.5. The second kappa shape index (κ2) is 6.07. The molecule has 0 radical (unpaired) electrons. The van der Waals surface area contributed by atoms with E-state index in [0.717, 1.165) is 29.8 Å². The van der Waals surface area contributed by atoms with Crippen molar-refractivity contribution in [2.75, 3.05) is 5.88 Å². The Hall–Kier alpha value is -1.01. The molecule has 5 nitrogen and oxygen atoms in total. The minimum absolute atomic E-state index is 0.521. The SMILES string of the molecule is CCCc1nnsc1-c1nnc(CCCCl)o1. The Morgan fingerprint density at radius 3 is 2.88 bits per heavy atom. The maximum absolute atomic E-state index is 5.62. The van der Waals surface area contributed by atoms with Crippen LogP contribution in [0.15, 0.2) is 4.42 Å². The van der Waals surface area contributed by atoms with Crippen LogP contribution in [0.4, 0.5) is 0 Å². The number of alkyl halides is 1. The monoisotopic (exact) mass is 272 g/mol. The van der Waals surface area contributed by atoms with E-state index in [1.807, 2.05) is 0 Å². The predicted molar refractivity (Wildman–Crippen MR) is 66.2 cm³/mol. The molecule has 2 rings (SSSR count). The molecule has 92 valence electrons. The van der Waals surface area contributed by atoms with Gasteiger partial charge in [-0.15, -0.1) is 26.9 Å². The third-order valence-corrected chi connectivity index (χ3v) is 3.25.